The van der Waals surface area contributed by atoms with Crippen LogP contribution in [0.4, 0.5) is 0 Å². The van der Waals surface area contributed by atoms with Crippen molar-refractivity contribution in [1.29, 1.82) is 0 Å². The molecule has 48 valence electrons. The maximum atomic E-state index is 3.41. The van der Waals surface area contributed by atoms with Crippen LogP contribution < -0.4 is 5.32 Å². The van der Waals surface area contributed by atoms with Crippen molar-refractivity contribution in [1.82, 2.24) is 5.32 Å². The Morgan fingerprint density at radius 1 is 1.50 bits per heavy atom. The van der Waals surface area contributed by atoms with Gasteiger partial charge in [0.25, 0.3) is 0 Å². The molecule has 0 unspecified atom stereocenters. The molecule has 1 saturated heterocycles. The Hall–Kier alpha value is 0.690. The minimum Gasteiger partial charge on any atom is -0.313 e. The van der Waals surface area contributed by atoms with Crippen LogP contribution in [-0.4, -0.2) is 16.5 Å². The van der Waals surface area contributed by atoms with E-state index in [4.69, 9.17) is 0 Å². The summed E-state index contributed by atoms with van der Waals surface area (Å²) in [7, 11) is 0. The Kier molecular flexibility index (Phi) is 2.14. The Morgan fingerprint density at radius 2 is 2.12 bits per heavy atom. The lowest BCUT2D eigenvalue weighted by atomic mass is 10.1. The Bertz CT molecular complexity index is 74.6. The molecule has 1 N–H and O–H groups in total. The lowest BCUT2D eigenvalue weighted by Crippen LogP contribution is -2.20. The van der Waals surface area contributed by atoms with Crippen molar-refractivity contribution in [3.8, 4) is 0 Å². The number of halogens is 1. The maximum Gasteiger partial charge on any atom is 0.0275 e. The van der Waals surface area contributed by atoms with Gasteiger partial charge in [0.2, 0.25) is 0 Å². The van der Waals surface area contributed by atoms with E-state index in [0.717, 1.165) is 15.9 Å². The molecule has 0 spiro atoms. The lowest BCUT2D eigenvalue weighted by molar-refractivity contribution is 0.529. The highest BCUT2D eigenvalue weighted by atomic mass is 127. The second-order valence-corrected chi connectivity index (χ2v) is 4.17. The van der Waals surface area contributed by atoms with E-state index < -0.39 is 0 Å². The van der Waals surface area contributed by atoms with Gasteiger partial charge in [0, 0.05) is 16.5 Å². The van der Waals surface area contributed by atoms with Gasteiger partial charge in [-0.3, -0.25) is 0 Å². The zero-order chi connectivity index (χ0) is 6.15. The molecule has 0 saturated carbocycles. The zero-order valence-corrected chi connectivity index (χ0v) is 7.47. The zero-order valence-electron chi connectivity index (χ0n) is 5.32. The van der Waals surface area contributed by atoms with Crippen molar-refractivity contribution in [2.45, 2.75) is 23.8 Å². The van der Waals surface area contributed by atoms with Gasteiger partial charge in [0.1, 0.15) is 0 Å². The van der Waals surface area contributed by atoms with Gasteiger partial charge >= 0.3 is 0 Å². The first-order valence-electron chi connectivity index (χ1n) is 3.09. The molecule has 0 aromatic carbocycles. The van der Waals surface area contributed by atoms with Gasteiger partial charge < -0.3 is 5.32 Å². The van der Waals surface area contributed by atoms with E-state index in [1.807, 2.05) is 0 Å². The standard InChI is InChI=1S/C6H12IN/c1-4-5(2)8-3-6(4)7/h4-6,8H,3H2,1-2H3/t4-,5-,6+/m0/s1. The van der Waals surface area contributed by atoms with Crippen molar-refractivity contribution >= 4 is 22.6 Å². The first kappa shape index (κ1) is 6.81. The smallest absolute Gasteiger partial charge is 0.0275 e. The third-order valence-corrected chi connectivity index (χ3v) is 3.57. The average Bonchev–Trinajstić information content (AvgIpc) is 1.98. The second-order valence-electron chi connectivity index (χ2n) is 2.57. The molecule has 1 rings (SSSR count). The molecule has 0 radical (unpaired) electrons. The normalized spacial score (nSPS) is 47.6. The van der Waals surface area contributed by atoms with Crippen molar-refractivity contribution < 1.29 is 0 Å². The fourth-order valence-corrected chi connectivity index (χ4v) is 1.86. The topological polar surface area (TPSA) is 12.0 Å². The summed E-state index contributed by atoms with van der Waals surface area (Å²) in [6.45, 7) is 5.76. The molecule has 1 fully saturated rings. The highest BCUT2D eigenvalue weighted by Gasteiger charge is 2.26. The van der Waals surface area contributed by atoms with Gasteiger partial charge in [-0.05, 0) is 12.8 Å². The molecule has 0 amide bonds. The predicted molar refractivity (Wildman–Crippen MR) is 44.4 cm³/mol. The Balaban J connectivity index is 2.44. The number of nitrogens with one attached hydrogen (secondary N) is 1. The summed E-state index contributed by atoms with van der Waals surface area (Å²) in [6, 6.07) is 0.733. The summed E-state index contributed by atoms with van der Waals surface area (Å²) in [5, 5.41) is 3.41. The molecule has 0 aliphatic carbocycles. The Morgan fingerprint density at radius 3 is 2.25 bits per heavy atom. The third-order valence-electron chi connectivity index (χ3n) is 1.99. The molecule has 8 heavy (non-hydrogen) atoms. The molecule has 0 aromatic rings. The van der Waals surface area contributed by atoms with Crippen LogP contribution in [0.2, 0.25) is 0 Å². The molecule has 1 aliphatic rings. The summed E-state index contributed by atoms with van der Waals surface area (Å²) in [5.41, 5.74) is 0. The van der Waals surface area contributed by atoms with Crippen LogP contribution in [0, 0.1) is 5.92 Å². The highest BCUT2D eigenvalue weighted by molar-refractivity contribution is 14.1. The van der Waals surface area contributed by atoms with Crippen LogP contribution >= 0.6 is 22.6 Å². The first-order valence-corrected chi connectivity index (χ1v) is 4.34. The van der Waals surface area contributed by atoms with E-state index in [1.165, 1.54) is 6.54 Å². The van der Waals surface area contributed by atoms with Gasteiger partial charge in [-0.1, -0.05) is 29.5 Å². The predicted octanol–water partition coefficient (Wildman–Crippen LogP) is 1.42. The monoisotopic (exact) mass is 225 g/mol. The lowest BCUT2D eigenvalue weighted by Gasteiger charge is -2.09. The van der Waals surface area contributed by atoms with Gasteiger partial charge in [0.15, 0.2) is 0 Å². The Labute approximate surface area is 64.4 Å². The van der Waals surface area contributed by atoms with Gasteiger partial charge in [-0.15, -0.1) is 0 Å². The van der Waals surface area contributed by atoms with Crippen LogP contribution in [-0.2, 0) is 0 Å². The van der Waals surface area contributed by atoms with Gasteiger partial charge in [0.05, 0.1) is 0 Å². The van der Waals surface area contributed by atoms with Gasteiger partial charge in [-0.25, -0.2) is 0 Å². The number of alkyl halides is 1. The van der Waals surface area contributed by atoms with E-state index in [0.29, 0.717) is 0 Å². The largest absolute Gasteiger partial charge is 0.313 e. The second kappa shape index (κ2) is 2.52. The van der Waals surface area contributed by atoms with Crippen molar-refractivity contribution in [3.63, 3.8) is 0 Å². The summed E-state index contributed by atoms with van der Waals surface area (Å²) in [6.07, 6.45) is 0. The average molecular weight is 225 g/mol. The van der Waals surface area contributed by atoms with Crippen LogP contribution in [0.15, 0.2) is 0 Å². The first-order chi connectivity index (χ1) is 3.72. The minimum absolute atomic E-state index is 0.733. The summed E-state index contributed by atoms with van der Waals surface area (Å²) < 4.78 is 0.850. The van der Waals surface area contributed by atoms with E-state index in [1.54, 1.807) is 0 Å². The van der Waals surface area contributed by atoms with E-state index >= 15 is 0 Å². The van der Waals surface area contributed by atoms with E-state index in [-0.39, 0.29) is 0 Å². The SMILES string of the molecule is C[C@@H]1[C@H](I)CN[C@H]1C. The van der Waals surface area contributed by atoms with E-state index in [9.17, 15) is 0 Å². The number of hydrogen-bond acceptors (Lipinski definition) is 1. The van der Waals surface area contributed by atoms with Gasteiger partial charge in [-0.2, -0.15) is 0 Å². The van der Waals surface area contributed by atoms with Crippen molar-refractivity contribution in [2.24, 2.45) is 5.92 Å². The molecular formula is C6H12IN. The quantitative estimate of drug-likeness (QED) is 0.485. The minimum atomic E-state index is 0.733. The molecule has 0 aromatic heterocycles. The highest BCUT2D eigenvalue weighted by Crippen LogP contribution is 2.21. The molecule has 3 atom stereocenters. The number of hydrogen-bond donors (Lipinski definition) is 1. The van der Waals surface area contributed by atoms with Crippen LogP contribution in [0.5, 0.6) is 0 Å². The summed E-state index contributed by atoms with van der Waals surface area (Å²) in [4.78, 5) is 0. The number of rotatable bonds is 0. The van der Waals surface area contributed by atoms with Crippen LogP contribution in [0.1, 0.15) is 13.8 Å². The van der Waals surface area contributed by atoms with Crippen molar-refractivity contribution in [3.05, 3.63) is 0 Å². The van der Waals surface area contributed by atoms with Crippen LogP contribution in [0.25, 0.3) is 0 Å². The maximum absolute atomic E-state index is 3.41. The molecule has 2 heteroatoms. The third kappa shape index (κ3) is 1.16. The summed E-state index contributed by atoms with van der Waals surface area (Å²) >= 11 is 2.51. The fraction of sp³-hybridized carbons (Fsp3) is 1.00. The summed E-state index contributed by atoms with van der Waals surface area (Å²) in [5.74, 6) is 0.857. The fourth-order valence-electron chi connectivity index (χ4n) is 0.983. The molecular weight excluding hydrogens is 213 g/mol. The molecule has 1 aliphatic heterocycles. The van der Waals surface area contributed by atoms with Crippen LogP contribution in [0.3, 0.4) is 0 Å². The van der Waals surface area contributed by atoms with E-state index in [2.05, 4.69) is 41.8 Å². The molecule has 0 bridgehead atoms. The molecule has 1 heterocycles. The molecule has 1 nitrogen and oxygen atoms in total. The van der Waals surface area contributed by atoms with Crippen molar-refractivity contribution in [2.75, 3.05) is 6.54 Å².